The van der Waals surface area contributed by atoms with Gasteiger partial charge in [-0.25, -0.2) is 14.4 Å². The highest BCUT2D eigenvalue weighted by atomic mass is 35.5. The highest BCUT2D eigenvalue weighted by molar-refractivity contribution is 7.98. The number of rotatable bonds is 8. The van der Waals surface area contributed by atoms with Crippen molar-refractivity contribution in [1.29, 1.82) is 0 Å². The van der Waals surface area contributed by atoms with E-state index in [-0.39, 0.29) is 11.7 Å². The number of hydrogen-bond acceptors (Lipinski definition) is 6. The van der Waals surface area contributed by atoms with Crippen molar-refractivity contribution in [2.75, 3.05) is 36.0 Å². The maximum Gasteiger partial charge on any atom is 0.251 e. The van der Waals surface area contributed by atoms with Gasteiger partial charge in [0.25, 0.3) is 5.91 Å². The van der Waals surface area contributed by atoms with Crippen molar-refractivity contribution in [3.8, 4) is 0 Å². The van der Waals surface area contributed by atoms with E-state index in [2.05, 4.69) is 20.1 Å². The van der Waals surface area contributed by atoms with Gasteiger partial charge >= 0.3 is 0 Å². The van der Waals surface area contributed by atoms with Crippen molar-refractivity contribution in [3.05, 3.63) is 113 Å². The molecule has 1 aliphatic rings. The average molecular weight is 548 g/mol. The van der Waals surface area contributed by atoms with Crippen LogP contribution in [0.4, 0.5) is 15.9 Å². The molecule has 6 nitrogen and oxygen atoms in total. The number of aromatic nitrogens is 2. The molecule has 0 aliphatic carbocycles. The molecule has 4 aromatic rings. The fourth-order valence-corrected chi connectivity index (χ4v) is 5.31. The van der Waals surface area contributed by atoms with Crippen molar-refractivity contribution in [2.24, 2.45) is 0 Å². The zero-order valence-electron chi connectivity index (χ0n) is 20.7. The average Bonchev–Trinajstić information content (AvgIpc) is 2.96. The number of para-hydroxylation sites is 1. The zero-order valence-corrected chi connectivity index (χ0v) is 22.3. The van der Waals surface area contributed by atoms with Crippen LogP contribution in [0.1, 0.15) is 21.5 Å². The number of thioether (sulfide) groups is 1. The van der Waals surface area contributed by atoms with Gasteiger partial charge in [0.15, 0.2) is 5.16 Å². The van der Waals surface area contributed by atoms with Crippen LogP contribution in [0, 0.1) is 5.82 Å². The van der Waals surface area contributed by atoms with E-state index in [1.54, 1.807) is 12.1 Å². The first kappa shape index (κ1) is 26.0. The van der Waals surface area contributed by atoms with Gasteiger partial charge in [0, 0.05) is 50.1 Å². The molecule has 1 aliphatic heterocycles. The summed E-state index contributed by atoms with van der Waals surface area (Å²) in [5.41, 5.74) is 3.36. The van der Waals surface area contributed by atoms with Crippen molar-refractivity contribution in [1.82, 2.24) is 15.3 Å². The number of nitrogens with one attached hydrogen (secondary N) is 1. The summed E-state index contributed by atoms with van der Waals surface area (Å²) >= 11 is 7.82. The molecule has 1 N–H and O–H groups in total. The molecule has 0 radical (unpaired) electrons. The molecule has 2 heterocycles. The molecule has 1 amide bonds. The standard InChI is InChI=1S/C29H27ClFN5OS/c30-26-18-27(36-16-14-35(15-17-36)25-9-5-4-8-24(25)31)34-29(33-26)38-20-22-10-12-23(13-11-22)28(37)32-19-21-6-2-1-3-7-21/h1-13,18H,14-17,19-20H2,(H,32,37). The second-order valence-corrected chi connectivity index (χ2v) is 10.2. The van der Waals surface area contributed by atoms with Crippen LogP contribution in [0.3, 0.4) is 0 Å². The zero-order chi connectivity index (χ0) is 26.3. The summed E-state index contributed by atoms with van der Waals surface area (Å²) < 4.78 is 14.2. The quantitative estimate of drug-likeness (QED) is 0.170. The van der Waals surface area contributed by atoms with E-state index < -0.39 is 0 Å². The molecule has 9 heteroatoms. The minimum Gasteiger partial charge on any atom is -0.366 e. The number of benzene rings is 3. The normalized spacial score (nSPS) is 13.4. The lowest BCUT2D eigenvalue weighted by molar-refractivity contribution is 0.0951. The molecular weight excluding hydrogens is 521 g/mol. The third-order valence-electron chi connectivity index (χ3n) is 6.34. The van der Waals surface area contributed by atoms with Gasteiger partial charge in [-0.3, -0.25) is 4.79 Å². The van der Waals surface area contributed by atoms with Crippen LogP contribution in [0.5, 0.6) is 0 Å². The molecule has 38 heavy (non-hydrogen) atoms. The molecule has 5 rings (SSSR count). The molecule has 0 bridgehead atoms. The van der Waals surface area contributed by atoms with Crippen LogP contribution in [-0.4, -0.2) is 42.1 Å². The van der Waals surface area contributed by atoms with Gasteiger partial charge < -0.3 is 15.1 Å². The number of piperazine rings is 1. The van der Waals surface area contributed by atoms with Gasteiger partial charge in [-0.05, 0) is 35.4 Å². The maximum absolute atomic E-state index is 14.2. The first-order chi connectivity index (χ1) is 18.5. The van der Waals surface area contributed by atoms with Gasteiger partial charge in [-0.1, -0.05) is 78.0 Å². The molecule has 3 aromatic carbocycles. The lowest BCUT2D eigenvalue weighted by Crippen LogP contribution is -2.47. The van der Waals surface area contributed by atoms with Crippen molar-refractivity contribution in [2.45, 2.75) is 17.5 Å². The Kier molecular flexibility index (Phi) is 8.41. The highest BCUT2D eigenvalue weighted by Crippen LogP contribution is 2.27. The Labute approximate surface area is 230 Å². The monoisotopic (exact) mass is 547 g/mol. The predicted molar refractivity (Wildman–Crippen MR) is 151 cm³/mol. The summed E-state index contributed by atoms with van der Waals surface area (Å²) in [6.07, 6.45) is 0. The van der Waals surface area contributed by atoms with E-state index in [1.165, 1.54) is 17.8 Å². The first-order valence-electron chi connectivity index (χ1n) is 12.4. The van der Waals surface area contributed by atoms with Crippen molar-refractivity contribution >= 4 is 40.8 Å². The second kappa shape index (κ2) is 12.3. The van der Waals surface area contributed by atoms with E-state index in [0.717, 1.165) is 16.9 Å². The Morgan fingerprint density at radius 2 is 1.55 bits per heavy atom. The number of carbonyl (C=O) groups excluding carboxylic acids is 1. The smallest absolute Gasteiger partial charge is 0.251 e. The number of anilines is 2. The molecule has 194 valence electrons. The van der Waals surface area contributed by atoms with E-state index in [9.17, 15) is 9.18 Å². The van der Waals surface area contributed by atoms with Crippen LogP contribution in [0.15, 0.2) is 90.1 Å². The van der Waals surface area contributed by atoms with Crippen LogP contribution >= 0.6 is 23.4 Å². The Morgan fingerprint density at radius 3 is 2.29 bits per heavy atom. The summed E-state index contributed by atoms with van der Waals surface area (Å²) in [4.78, 5) is 25.8. The largest absolute Gasteiger partial charge is 0.366 e. The summed E-state index contributed by atoms with van der Waals surface area (Å²) in [5, 5.41) is 3.93. The van der Waals surface area contributed by atoms with Crippen LogP contribution in [0.2, 0.25) is 5.15 Å². The van der Waals surface area contributed by atoms with Crippen molar-refractivity contribution in [3.63, 3.8) is 0 Å². The first-order valence-corrected chi connectivity index (χ1v) is 13.7. The van der Waals surface area contributed by atoms with Crippen molar-refractivity contribution < 1.29 is 9.18 Å². The van der Waals surface area contributed by atoms with Crippen LogP contribution in [-0.2, 0) is 12.3 Å². The number of carbonyl (C=O) groups is 1. The summed E-state index contributed by atoms with van der Waals surface area (Å²) in [6, 6.07) is 26.0. The second-order valence-electron chi connectivity index (χ2n) is 8.91. The Balaban J connectivity index is 1.15. The molecule has 1 fully saturated rings. The Morgan fingerprint density at radius 1 is 0.868 bits per heavy atom. The topological polar surface area (TPSA) is 61.4 Å². The summed E-state index contributed by atoms with van der Waals surface area (Å²) in [5.74, 6) is 1.11. The van der Waals surface area contributed by atoms with Gasteiger partial charge in [-0.2, -0.15) is 0 Å². The van der Waals surface area contributed by atoms with Gasteiger partial charge in [0.2, 0.25) is 0 Å². The van der Waals surface area contributed by atoms with E-state index >= 15 is 0 Å². The highest BCUT2D eigenvalue weighted by Gasteiger charge is 2.21. The maximum atomic E-state index is 14.2. The van der Waals surface area contributed by atoms with E-state index in [0.29, 0.717) is 60.0 Å². The molecule has 1 saturated heterocycles. The molecule has 0 saturated carbocycles. The Hall–Kier alpha value is -3.62. The van der Waals surface area contributed by atoms with E-state index in [4.69, 9.17) is 16.6 Å². The number of nitrogens with zero attached hydrogens (tertiary/aromatic N) is 4. The lowest BCUT2D eigenvalue weighted by Gasteiger charge is -2.36. The fraction of sp³-hybridized carbons (Fsp3) is 0.207. The molecule has 0 atom stereocenters. The van der Waals surface area contributed by atoms with Crippen LogP contribution < -0.4 is 15.1 Å². The lowest BCUT2D eigenvalue weighted by atomic mass is 10.1. The third-order valence-corrected chi connectivity index (χ3v) is 7.45. The number of hydrogen-bond donors (Lipinski definition) is 1. The summed E-state index contributed by atoms with van der Waals surface area (Å²) in [6.45, 7) is 3.29. The number of amides is 1. The Bertz CT molecular complexity index is 1380. The molecule has 0 unspecified atom stereocenters. The van der Waals surface area contributed by atoms with E-state index in [1.807, 2.05) is 66.7 Å². The molecule has 1 aromatic heterocycles. The SMILES string of the molecule is O=C(NCc1ccccc1)c1ccc(CSc2nc(Cl)cc(N3CCN(c4ccccc4F)CC3)n2)cc1. The molecular formula is C29H27ClFN5OS. The van der Waals surface area contributed by atoms with Gasteiger partial charge in [0.05, 0.1) is 5.69 Å². The predicted octanol–water partition coefficient (Wildman–Crippen LogP) is 5.82. The number of halogens is 2. The van der Waals surface area contributed by atoms with Crippen LogP contribution in [0.25, 0.3) is 0 Å². The minimum absolute atomic E-state index is 0.106. The van der Waals surface area contributed by atoms with Gasteiger partial charge in [-0.15, -0.1) is 0 Å². The summed E-state index contributed by atoms with van der Waals surface area (Å²) in [7, 11) is 0. The third kappa shape index (κ3) is 6.62. The minimum atomic E-state index is -0.203. The molecule has 0 spiro atoms. The van der Waals surface area contributed by atoms with Gasteiger partial charge in [0.1, 0.15) is 16.8 Å². The fourth-order valence-electron chi connectivity index (χ4n) is 4.28.